The lowest BCUT2D eigenvalue weighted by atomic mass is 10.1. The number of nitrogens with one attached hydrogen (secondary N) is 1. The molecule has 4 aromatic heterocycles. The molecule has 0 spiro atoms. The van der Waals surface area contributed by atoms with E-state index in [4.69, 9.17) is 34.0 Å². The number of fused-ring (bicyclic) bond motifs is 2. The molecule has 2 aliphatic rings. The van der Waals surface area contributed by atoms with Gasteiger partial charge in [-0.1, -0.05) is 38.7 Å². The molecule has 0 radical (unpaired) electrons. The number of aryl methyl sites for hydroxylation is 1. The highest BCUT2D eigenvalue weighted by Gasteiger charge is 2.44. The van der Waals surface area contributed by atoms with Gasteiger partial charge in [-0.15, -0.1) is 0 Å². The fourth-order valence-corrected chi connectivity index (χ4v) is 8.92. The number of methoxy groups -OCH3 is 2. The molecule has 2 aromatic carbocycles. The zero-order valence-electron chi connectivity index (χ0n) is 33.8. The second kappa shape index (κ2) is 14.9. The maximum absolute atomic E-state index is 7.23. The molecule has 5 heterocycles. The van der Waals surface area contributed by atoms with Gasteiger partial charge in [0.2, 0.25) is 0 Å². The van der Waals surface area contributed by atoms with Crippen LogP contribution in [0.2, 0.25) is 18.1 Å². The van der Waals surface area contributed by atoms with Crippen LogP contribution in [0.5, 0.6) is 11.5 Å². The Kier molecular flexibility index (Phi) is 10.0. The third-order valence-corrected chi connectivity index (χ3v) is 16.4. The molecule has 0 bridgehead atoms. The highest BCUT2D eigenvalue weighted by Crippen LogP contribution is 2.46. The number of hydrogen-bond donors (Lipinski definition) is 1. The van der Waals surface area contributed by atoms with Crippen molar-refractivity contribution in [1.82, 2.24) is 29.3 Å². The third-order valence-electron chi connectivity index (χ3n) is 11.9. The van der Waals surface area contributed by atoms with E-state index in [0.29, 0.717) is 6.54 Å². The highest BCUT2D eigenvalue weighted by atomic mass is 28.4. The van der Waals surface area contributed by atoms with Crippen molar-refractivity contribution in [2.45, 2.75) is 76.9 Å². The van der Waals surface area contributed by atoms with Crippen LogP contribution in [0.3, 0.4) is 0 Å². The SMILES string of the molecule is COc1ccc(CNc2ncnc3c2c(-c2ccn(C)n2)cn3[C@H]2CC(O[Si](C)(C)C(C)(C)C)[C@@H](C#Cc3ccc4ccc(N5CCC5)nc4c3)C2)c(OC)c1. The number of anilines is 2. The molecule has 2 fully saturated rings. The van der Waals surface area contributed by atoms with Crippen molar-refractivity contribution in [2.24, 2.45) is 13.0 Å². The molecule has 12 heteroatoms. The Morgan fingerprint density at radius 1 is 0.964 bits per heavy atom. The summed E-state index contributed by atoms with van der Waals surface area (Å²) in [6.07, 6.45) is 8.67. The van der Waals surface area contributed by atoms with E-state index in [9.17, 15) is 0 Å². The van der Waals surface area contributed by atoms with Gasteiger partial charge < -0.3 is 28.7 Å². The minimum atomic E-state index is -2.12. The van der Waals surface area contributed by atoms with Gasteiger partial charge in [-0.3, -0.25) is 4.68 Å². The average molecular weight is 769 g/mol. The highest BCUT2D eigenvalue weighted by molar-refractivity contribution is 6.74. The van der Waals surface area contributed by atoms with Crippen LogP contribution in [0.25, 0.3) is 33.2 Å². The summed E-state index contributed by atoms with van der Waals surface area (Å²) in [6.45, 7) is 14.2. The lowest BCUT2D eigenvalue weighted by Gasteiger charge is -2.39. The Morgan fingerprint density at radius 2 is 1.79 bits per heavy atom. The van der Waals surface area contributed by atoms with E-state index in [0.717, 1.165) is 93.4 Å². The first-order valence-corrected chi connectivity index (χ1v) is 22.5. The van der Waals surface area contributed by atoms with Gasteiger partial charge in [0.05, 0.1) is 36.9 Å². The van der Waals surface area contributed by atoms with Crippen LogP contribution in [0.15, 0.2) is 73.3 Å². The summed E-state index contributed by atoms with van der Waals surface area (Å²) in [5.41, 5.74) is 5.63. The van der Waals surface area contributed by atoms with Crippen LogP contribution in [0.1, 0.15) is 57.2 Å². The molecule has 1 saturated heterocycles. The second-order valence-electron chi connectivity index (χ2n) is 16.6. The normalized spacial score (nSPS) is 18.5. The molecule has 8 rings (SSSR count). The van der Waals surface area contributed by atoms with Crippen LogP contribution in [0.4, 0.5) is 11.6 Å². The number of nitrogens with zero attached hydrogens (tertiary/aromatic N) is 7. The molecule has 6 aromatic rings. The maximum Gasteiger partial charge on any atom is 0.192 e. The Labute approximate surface area is 330 Å². The van der Waals surface area contributed by atoms with Crippen LogP contribution < -0.4 is 19.7 Å². The van der Waals surface area contributed by atoms with Gasteiger partial charge in [-0.05, 0) is 79.9 Å². The van der Waals surface area contributed by atoms with Crippen molar-refractivity contribution in [2.75, 3.05) is 37.5 Å². The van der Waals surface area contributed by atoms with Crippen LogP contribution >= 0.6 is 0 Å². The summed E-state index contributed by atoms with van der Waals surface area (Å²) in [6, 6.07) is 18.7. The Balaban J connectivity index is 1.15. The number of pyridine rings is 1. The number of hydrogen-bond acceptors (Lipinski definition) is 9. The molecule has 11 nitrogen and oxygen atoms in total. The van der Waals surface area contributed by atoms with Crippen LogP contribution in [-0.4, -0.2) is 71.0 Å². The molecule has 3 atom stereocenters. The first kappa shape index (κ1) is 37.5. The molecule has 0 amide bonds. The van der Waals surface area contributed by atoms with Crippen molar-refractivity contribution in [3.8, 4) is 34.6 Å². The first-order valence-electron chi connectivity index (χ1n) is 19.6. The lowest BCUT2D eigenvalue weighted by molar-refractivity contribution is 0.161. The summed E-state index contributed by atoms with van der Waals surface area (Å²) in [7, 11) is 3.14. The van der Waals surface area contributed by atoms with Crippen LogP contribution in [-0.2, 0) is 18.0 Å². The molecule has 1 aliphatic carbocycles. The van der Waals surface area contributed by atoms with E-state index in [2.05, 4.69) is 97.0 Å². The van der Waals surface area contributed by atoms with Gasteiger partial charge in [0, 0.05) is 79.2 Å². The monoisotopic (exact) mass is 768 g/mol. The van der Waals surface area contributed by atoms with Crippen molar-refractivity contribution < 1.29 is 13.9 Å². The number of ether oxygens (including phenoxy) is 2. The molecule has 290 valence electrons. The number of rotatable bonds is 10. The van der Waals surface area contributed by atoms with E-state index in [1.165, 1.54) is 6.42 Å². The minimum absolute atomic E-state index is 0.0253. The van der Waals surface area contributed by atoms with Crippen molar-refractivity contribution in [3.63, 3.8) is 0 Å². The van der Waals surface area contributed by atoms with Gasteiger partial charge in [0.25, 0.3) is 0 Å². The van der Waals surface area contributed by atoms with E-state index < -0.39 is 8.32 Å². The zero-order valence-corrected chi connectivity index (χ0v) is 34.8. The van der Waals surface area contributed by atoms with Gasteiger partial charge in [0.15, 0.2) is 8.32 Å². The number of aromatic nitrogens is 6. The first-order chi connectivity index (χ1) is 26.9. The standard InChI is InChI=1S/C44H52N8O3Si/c1-44(2,3)56(7,8)55-39-24-33(23-31(39)13-11-29-10-12-30-15-17-40(48-37(30)22-29)51-19-9-20-51)52-27-35(36-18-21-50(4)49-36)41-42(46-28-47-43(41)52)45-26-32-14-16-34(53-5)25-38(32)54-6/h10,12,14-18,21-22,25,27-28,31,33,39H,9,19-20,23-24,26H2,1-8H3,(H,45,46,47)/t31-,33+,39?/m0/s1. The smallest absolute Gasteiger partial charge is 0.192 e. The second-order valence-corrected chi connectivity index (χ2v) is 21.4. The van der Waals surface area contributed by atoms with Gasteiger partial charge in [-0.2, -0.15) is 5.10 Å². The quantitative estimate of drug-likeness (QED) is 0.108. The minimum Gasteiger partial charge on any atom is -0.497 e. The fraction of sp³-hybridized carbons (Fsp3) is 0.409. The summed E-state index contributed by atoms with van der Waals surface area (Å²) >= 11 is 0. The average Bonchev–Trinajstić information content (AvgIpc) is 3.88. The summed E-state index contributed by atoms with van der Waals surface area (Å²) in [5.74, 6) is 10.6. The van der Waals surface area contributed by atoms with E-state index >= 15 is 0 Å². The van der Waals surface area contributed by atoms with E-state index in [1.807, 2.05) is 42.2 Å². The molecule has 1 N–H and O–H groups in total. The van der Waals surface area contributed by atoms with Crippen LogP contribution in [0, 0.1) is 17.8 Å². The van der Waals surface area contributed by atoms with E-state index in [1.54, 1.807) is 20.5 Å². The molecule has 56 heavy (non-hydrogen) atoms. The van der Waals surface area contributed by atoms with Crippen molar-refractivity contribution in [3.05, 3.63) is 84.4 Å². The fourth-order valence-electron chi connectivity index (χ4n) is 7.55. The maximum atomic E-state index is 7.23. The summed E-state index contributed by atoms with van der Waals surface area (Å²) in [4.78, 5) is 17.0. The largest absolute Gasteiger partial charge is 0.497 e. The molecule has 1 unspecified atom stereocenters. The molecule has 1 aliphatic heterocycles. The molecular weight excluding hydrogens is 717 g/mol. The van der Waals surface area contributed by atoms with E-state index in [-0.39, 0.29) is 23.1 Å². The predicted molar refractivity (Wildman–Crippen MR) is 226 cm³/mol. The number of benzene rings is 2. The van der Waals surface area contributed by atoms with Crippen molar-refractivity contribution in [1.29, 1.82) is 0 Å². The van der Waals surface area contributed by atoms with Gasteiger partial charge in [-0.25, -0.2) is 15.0 Å². The lowest BCUT2D eigenvalue weighted by Crippen LogP contribution is -2.44. The van der Waals surface area contributed by atoms with Crippen molar-refractivity contribution >= 4 is 41.9 Å². The third kappa shape index (κ3) is 7.33. The molecular formula is C44H52N8O3Si. The topological polar surface area (TPSA) is 104 Å². The molecule has 1 saturated carbocycles. The summed E-state index contributed by atoms with van der Waals surface area (Å²) < 4.78 is 22.5. The van der Waals surface area contributed by atoms with Gasteiger partial charge >= 0.3 is 0 Å². The summed E-state index contributed by atoms with van der Waals surface area (Å²) in [5, 5.41) is 10.5. The Hall–Kier alpha value is -5.38. The predicted octanol–water partition coefficient (Wildman–Crippen LogP) is 8.61. The Bertz CT molecular complexity index is 2450. The van der Waals surface area contributed by atoms with Gasteiger partial charge in [0.1, 0.15) is 35.1 Å². The Morgan fingerprint density at radius 3 is 2.50 bits per heavy atom. The zero-order chi connectivity index (χ0) is 39.2.